The second-order valence-corrected chi connectivity index (χ2v) is 7.84. The fourth-order valence-corrected chi connectivity index (χ4v) is 3.60. The van der Waals surface area contributed by atoms with Crippen LogP contribution in [0.5, 0.6) is 0 Å². The van der Waals surface area contributed by atoms with E-state index in [1.807, 2.05) is 0 Å². The van der Waals surface area contributed by atoms with Gasteiger partial charge in [-0.1, -0.05) is 51.1 Å². The lowest BCUT2D eigenvalue weighted by atomic mass is 9.66. The molecule has 0 saturated heterocycles. The second-order valence-electron chi connectivity index (χ2n) is 7.84. The molecule has 1 aliphatic rings. The predicted octanol–water partition coefficient (Wildman–Crippen LogP) is 4.94. The van der Waals surface area contributed by atoms with Crippen LogP contribution in [0.4, 0.5) is 0 Å². The summed E-state index contributed by atoms with van der Waals surface area (Å²) in [7, 11) is 0. The molecule has 20 heavy (non-hydrogen) atoms. The van der Waals surface area contributed by atoms with Crippen molar-refractivity contribution in [1.29, 1.82) is 0 Å². The average molecular weight is 273 g/mol. The molecular weight excluding hydrogens is 242 g/mol. The fraction of sp³-hybridized carbons (Fsp3) is 0.684. The summed E-state index contributed by atoms with van der Waals surface area (Å²) in [6.45, 7) is 7.11. The van der Waals surface area contributed by atoms with E-state index in [0.717, 1.165) is 5.92 Å². The summed E-state index contributed by atoms with van der Waals surface area (Å²) < 4.78 is 0. The number of hydrogen-bond donors (Lipinski definition) is 1. The molecule has 1 aromatic rings. The predicted molar refractivity (Wildman–Crippen MR) is 87.7 cm³/mol. The Morgan fingerprint density at radius 3 is 2.25 bits per heavy atom. The van der Waals surface area contributed by atoms with Crippen LogP contribution in [-0.4, -0.2) is 5.54 Å². The summed E-state index contributed by atoms with van der Waals surface area (Å²) >= 11 is 0. The van der Waals surface area contributed by atoms with Gasteiger partial charge < -0.3 is 5.73 Å². The molecule has 1 fully saturated rings. The van der Waals surface area contributed by atoms with Crippen molar-refractivity contribution in [2.75, 3.05) is 0 Å². The van der Waals surface area contributed by atoms with Crippen molar-refractivity contribution in [3.63, 3.8) is 0 Å². The standard InChI is InChI=1S/C19H31N/c1-18(2,3)17-11-14-19(20,15-12-17)13-7-10-16-8-5-4-6-9-16/h4-6,8-9,17H,7,10-15,20H2,1-3H3. The van der Waals surface area contributed by atoms with Gasteiger partial charge in [0, 0.05) is 5.54 Å². The maximum Gasteiger partial charge on any atom is 0.0154 e. The molecule has 0 radical (unpaired) electrons. The molecule has 0 heterocycles. The SMILES string of the molecule is CC(C)(C)C1CCC(N)(CCCc2ccccc2)CC1. The first kappa shape index (κ1) is 15.6. The summed E-state index contributed by atoms with van der Waals surface area (Å²) in [6, 6.07) is 10.8. The van der Waals surface area contributed by atoms with E-state index in [0.29, 0.717) is 5.41 Å². The van der Waals surface area contributed by atoms with Crippen molar-refractivity contribution in [3.8, 4) is 0 Å². The number of rotatable bonds is 4. The highest BCUT2D eigenvalue weighted by Gasteiger charge is 2.35. The third kappa shape index (κ3) is 4.34. The molecule has 1 saturated carbocycles. The van der Waals surface area contributed by atoms with Crippen LogP contribution in [0, 0.1) is 11.3 Å². The van der Waals surface area contributed by atoms with Gasteiger partial charge in [0.05, 0.1) is 0 Å². The van der Waals surface area contributed by atoms with Gasteiger partial charge in [-0.15, -0.1) is 0 Å². The zero-order chi connectivity index (χ0) is 14.6. The van der Waals surface area contributed by atoms with Crippen molar-refractivity contribution in [1.82, 2.24) is 0 Å². The second kappa shape index (κ2) is 6.30. The highest BCUT2D eigenvalue weighted by atomic mass is 14.7. The van der Waals surface area contributed by atoms with E-state index in [2.05, 4.69) is 51.1 Å². The summed E-state index contributed by atoms with van der Waals surface area (Å²) in [4.78, 5) is 0. The Kier molecular flexibility index (Phi) is 4.90. The van der Waals surface area contributed by atoms with Crippen molar-refractivity contribution >= 4 is 0 Å². The van der Waals surface area contributed by atoms with Crippen molar-refractivity contribution in [3.05, 3.63) is 35.9 Å². The zero-order valence-electron chi connectivity index (χ0n) is 13.5. The first-order valence-electron chi connectivity index (χ1n) is 8.22. The molecule has 0 aliphatic heterocycles. The van der Waals surface area contributed by atoms with E-state index in [1.165, 1.54) is 50.5 Å². The van der Waals surface area contributed by atoms with Crippen molar-refractivity contribution in [2.24, 2.45) is 17.1 Å². The quantitative estimate of drug-likeness (QED) is 0.826. The van der Waals surface area contributed by atoms with Crippen LogP contribution >= 0.6 is 0 Å². The van der Waals surface area contributed by atoms with Crippen LogP contribution < -0.4 is 5.73 Å². The molecule has 1 aliphatic carbocycles. The van der Waals surface area contributed by atoms with Crippen molar-refractivity contribution < 1.29 is 0 Å². The third-order valence-electron chi connectivity index (χ3n) is 5.19. The molecule has 1 heteroatoms. The van der Waals surface area contributed by atoms with E-state index in [1.54, 1.807) is 0 Å². The Morgan fingerprint density at radius 1 is 1.10 bits per heavy atom. The Hall–Kier alpha value is -0.820. The molecule has 0 atom stereocenters. The average Bonchev–Trinajstić information content (AvgIpc) is 2.39. The number of aryl methyl sites for hydroxylation is 1. The van der Waals surface area contributed by atoms with E-state index in [9.17, 15) is 0 Å². The van der Waals surface area contributed by atoms with Gasteiger partial charge in [-0.25, -0.2) is 0 Å². The lowest BCUT2D eigenvalue weighted by molar-refractivity contribution is 0.129. The van der Waals surface area contributed by atoms with Crippen LogP contribution in [0.1, 0.15) is 64.9 Å². The van der Waals surface area contributed by atoms with E-state index in [4.69, 9.17) is 5.73 Å². The Bertz CT molecular complexity index is 394. The smallest absolute Gasteiger partial charge is 0.0154 e. The van der Waals surface area contributed by atoms with Gasteiger partial charge in [-0.3, -0.25) is 0 Å². The first-order valence-corrected chi connectivity index (χ1v) is 8.22. The molecule has 2 N–H and O–H groups in total. The van der Waals surface area contributed by atoms with Crippen LogP contribution in [0.25, 0.3) is 0 Å². The molecule has 1 aromatic carbocycles. The van der Waals surface area contributed by atoms with Gasteiger partial charge in [0.25, 0.3) is 0 Å². The molecule has 0 unspecified atom stereocenters. The summed E-state index contributed by atoms with van der Waals surface area (Å²) in [5, 5.41) is 0. The minimum Gasteiger partial charge on any atom is -0.325 e. The molecule has 0 aromatic heterocycles. The van der Waals surface area contributed by atoms with Crippen molar-refractivity contribution in [2.45, 2.75) is 71.3 Å². The summed E-state index contributed by atoms with van der Waals surface area (Å²) in [5.74, 6) is 0.855. The van der Waals surface area contributed by atoms with Crippen LogP contribution in [-0.2, 0) is 6.42 Å². The molecule has 2 rings (SSSR count). The lowest BCUT2D eigenvalue weighted by Crippen LogP contribution is -2.45. The maximum atomic E-state index is 6.63. The normalized spacial score (nSPS) is 27.5. The summed E-state index contributed by atoms with van der Waals surface area (Å²) in [6.07, 6.45) is 8.62. The van der Waals surface area contributed by atoms with Crippen LogP contribution in [0.3, 0.4) is 0 Å². The van der Waals surface area contributed by atoms with Crippen LogP contribution in [0.15, 0.2) is 30.3 Å². The maximum absolute atomic E-state index is 6.63. The lowest BCUT2D eigenvalue weighted by Gasteiger charge is -2.42. The Balaban J connectivity index is 1.76. The monoisotopic (exact) mass is 273 g/mol. The molecular formula is C19H31N. The highest BCUT2D eigenvalue weighted by molar-refractivity contribution is 5.14. The molecule has 0 spiro atoms. The number of benzene rings is 1. The van der Waals surface area contributed by atoms with E-state index in [-0.39, 0.29) is 5.54 Å². The number of nitrogens with two attached hydrogens (primary N) is 1. The Morgan fingerprint density at radius 2 is 1.70 bits per heavy atom. The minimum atomic E-state index is 0.108. The minimum absolute atomic E-state index is 0.108. The first-order chi connectivity index (χ1) is 9.39. The molecule has 112 valence electrons. The number of hydrogen-bond acceptors (Lipinski definition) is 1. The zero-order valence-corrected chi connectivity index (χ0v) is 13.5. The summed E-state index contributed by atoms with van der Waals surface area (Å²) in [5.41, 5.74) is 8.63. The van der Waals surface area contributed by atoms with Gasteiger partial charge in [-0.05, 0) is 61.8 Å². The van der Waals surface area contributed by atoms with Gasteiger partial charge in [0.1, 0.15) is 0 Å². The van der Waals surface area contributed by atoms with Crippen LogP contribution in [0.2, 0.25) is 0 Å². The van der Waals surface area contributed by atoms with Gasteiger partial charge in [-0.2, -0.15) is 0 Å². The molecule has 1 nitrogen and oxygen atoms in total. The van der Waals surface area contributed by atoms with E-state index < -0.39 is 0 Å². The van der Waals surface area contributed by atoms with Gasteiger partial charge in [0.15, 0.2) is 0 Å². The van der Waals surface area contributed by atoms with Gasteiger partial charge >= 0.3 is 0 Å². The Labute approximate surface area is 125 Å². The van der Waals surface area contributed by atoms with E-state index >= 15 is 0 Å². The third-order valence-corrected chi connectivity index (χ3v) is 5.19. The highest BCUT2D eigenvalue weighted by Crippen LogP contribution is 2.41. The molecule has 0 amide bonds. The topological polar surface area (TPSA) is 26.0 Å². The molecule has 0 bridgehead atoms. The van der Waals surface area contributed by atoms with Gasteiger partial charge in [0.2, 0.25) is 0 Å². The fourth-order valence-electron chi connectivity index (χ4n) is 3.60. The largest absolute Gasteiger partial charge is 0.325 e.